The minimum Gasteiger partial charge on any atom is -0.494 e. The predicted octanol–water partition coefficient (Wildman–Crippen LogP) is 2.65. The van der Waals surface area contributed by atoms with E-state index in [-0.39, 0.29) is 0 Å². The van der Waals surface area contributed by atoms with E-state index in [4.69, 9.17) is 10.5 Å². The lowest BCUT2D eigenvalue weighted by atomic mass is 10.1. The van der Waals surface area contributed by atoms with Gasteiger partial charge in [0.05, 0.1) is 6.61 Å². The number of hydrogen-bond acceptors (Lipinski definition) is 6. The Labute approximate surface area is 155 Å². The molecule has 0 saturated carbocycles. The van der Waals surface area contributed by atoms with Crippen LogP contribution in [0.5, 0.6) is 5.75 Å². The number of unbranched alkanes of at least 4 members (excludes halogenated alkanes) is 1. The monoisotopic (exact) mass is 358 g/mol. The van der Waals surface area contributed by atoms with E-state index in [0.717, 1.165) is 38.3 Å². The van der Waals surface area contributed by atoms with Crippen LogP contribution in [0.15, 0.2) is 24.3 Å². The molecule has 3 rings (SSSR count). The highest BCUT2D eigenvalue weighted by molar-refractivity contribution is 5.31. The number of benzene rings is 1. The van der Waals surface area contributed by atoms with E-state index in [2.05, 4.69) is 38.5 Å². The van der Waals surface area contributed by atoms with Crippen LogP contribution in [0.3, 0.4) is 0 Å². The number of piperidine rings is 1. The smallest absolute Gasteiger partial charge is 0.241 e. The minimum atomic E-state index is 0.294. The SMILES string of the molecule is Cn1nc(N)nc1NCCCCOc1cccc(CN2CCCCC2)c1. The Morgan fingerprint density at radius 1 is 1.19 bits per heavy atom. The lowest BCUT2D eigenvalue weighted by Gasteiger charge is -2.26. The van der Waals surface area contributed by atoms with E-state index in [1.54, 1.807) is 4.68 Å². The summed E-state index contributed by atoms with van der Waals surface area (Å²) in [6.45, 7) is 5.01. The van der Waals surface area contributed by atoms with Gasteiger partial charge < -0.3 is 15.8 Å². The first-order valence-electron chi connectivity index (χ1n) is 9.55. The lowest BCUT2D eigenvalue weighted by Crippen LogP contribution is -2.29. The molecule has 0 radical (unpaired) electrons. The maximum atomic E-state index is 5.92. The fraction of sp³-hybridized carbons (Fsp3) is 0.579. The van der Waals surface area contributed by atoms with Crippen LogP contribution in [0.2, 0.25) is 0 Å². The maximum absolute atomic E-state index is 5.92. The molecule has 1 saturated heterocycles. The van der Waals surface area contributed by atoms with Crippen LogP contribution in [0.1, 0.15) is 37.7 Å². The second-order valence-corrected chi connectivity index (χ2v) is 6.88. The van der Waals surface area contributed by atoms with Crippen LogP contribution in [-0.2, 0) is 13.6 Å². The molecular formula is C19H30N6O. The summed E-state index contributed by atoms with van der Waals surface area (Å²) in [4.78, 5) is 6.65. The van der Waals surface area contributed by atoms with Gasteiger partial charge in [-0.15, -0.1) is 5.10 Å². The van der Waals surface area contributed by atoms with Gasteiger partial charge in [0.1, 0.15) is 5.75 Å². The van der Waals surface area contributed by atoms with E-state index in [9.17, 15) is 0 Å². The molecule has 0 amide bonds. The van der Waals surface area contributed by atoms with Crippen LogP contribution in [0.25, 0.3) is 0 Å². The van der Waals surface area contributed by atoms with E-state index in [0.29, 0.717) is 11.9 Å². The molecule has 3 N–H and O–H groups in total. The number of rotatable bonds is 9. The molecule has 7 nitrogen and oxygen atoms in total. The third-order valence-corrected chi connectivity index (χ3v) is 4.66. The highest BCUT2D eigenvalue weighted by Crippen LogP contribution is 2.18. The Morgan fingerprint density at radius 3 is 2.81 bits per heavy atom. The quantitative estimate of drug-likeness (QED) is 0.671. The normalized spacial score (nSPS) is 15.1. The van der Waals surface area contributed by atoms with Crippen LogP contribution >= 0.6 is 0 Å². The van der Waals surface area contributed by atoms with Gasteiger partial charge in [0.15, 0.2) is 0 Å². The highest BCUT2D eigenvalue weighted by atomic mass is 16.5. The molecular weight excluding hydrogens is 328 g/mol. The second-order valence-electron chi connectivity index (χ2n) is 6.88. The number of nitrogens with two attached hydrogens (primary N) is 1. The third kappa shape index (κ3) is 5.62. The van der Waals surface area contributed by atoms with Crippen LogP contribution < -0.4 is 15.8 Å². The number of aryl methyl sites for hydroxylation is 1. The maximum Gasteiger partial charge on any atom is 0.241 e. The summed E-state index contributed by atoms with van der Waals surface area (Å²) in [5, 5.41) is 7.24. The first-order valence-corrected chi connectivity index (χ1v) is 9.55. The fourth-order valence-electron chi connectivity index (χ4n) is 3.28. The molecule has 1 aromatic heterocycles. The first-order chi connectivity index (χ1) is 12.7. The van der Waals surface area contributed by atoms with Crippen molar-refractivity contribution < 1.29 is 4.74 Å². The number of nitrogen functional groups attached to an aromatic ring is 1. The van der Waals surface area contributed by atoms with Crippen molar-refractivity contribution in [2.45, 2.75) is 38.6 Å². The molecule has 2 aromatic rings. The topological polar surface area (TPSA) is 81.2 Å². The number of aromatic nitrogens is 3. The van der Waals surface area contributed by atoms with Gasteiger partial charge in [-0.3, -0.25) is 4.90 Å². The zero-order valence-corrected chi connectivity index (χ0v) is 15.7. The van der Waals surface area contributed by atoms with Crippen LogP contribution in [-0.4, -0.2) is 45.9 Å². The fourth-order valence-corrected chi connectivity index (χ4v) is 3.28. The molecule has 1 aliphatic rings. The Morgan fingerprint density at radius 2 is 2.04 bits per heavy atom. The van der Waals surface area contributed by atoms with Crippen molar-refractivity contribution in [2.75, 3.05) is 37.3 Å². The van der Waals surface area contributed by atoms with E-state index >= 15 is 0 Å². The van der Waals surface area contributed by atoms with E-state index in [1.165, 1.54) is 37.9 Å². The van der Waals surface area contributed by atoms with Crippen molar-refractivity contribution in [1.82, 2.24) is 19.7 Å². The molecule has 1 aliphatic heterocycles. The number of hydrogen-bond donors (Lipinski definition) is 2. The molecule has 142 valence electrons. The van der Waals surface area contributed by atoms with Gasteiger partial charge in [-0.1, -0.05) is 18.6 Å². The van der Waals surface area contributed by atoms with Crippen LogP contribution in [0, 0.1) is 0 Å². The van der Waals surface area contributed by atoms with Gasteiger partial charge in [0.25, 0.3) is 0 Å². The van der Waals surface area contributed by atoms with Gasteiger partial charge in [-0.05, 0) is 56.5 Å². The number of nitrogens with one attached hydrogen (secondary N) is 1. The third-order valence-electron chi connectivity index (χ3n) is 4.66. The summed E-state index contributed by atoms with van der Waals surface area (Å²) in [6, 6.07) is 8.50. The van der Waals surface area contributed by atoms with Crippen molar-refractivity contribution in [1.29, 1.82) is 0 Å². The molecule has 0 aliphatic carbocycles. The molecule has 1 fully saturated rings. The summed E-state index contributed by atoms with van der Waals surface area (Å²) < 4.78 is 7.57. The number of nitrogens with zero attached hydrogens (tertiary/aromatic N) is 4. The molecule has 0 unspecified atom stereocenters. The van der Waals surface area contributed by atoms with Gasteiger partial charge >= 0.3 is 0 Å². The van der Waals surface area contributed by atoms with Gasteiger partial charge in [-0.25, -0.2) is 4.68 Å². The molecule has 26 heavy (non-hydrogen) atoms. The Hall–Kier alpha value is -2.28. The second kappa shape index (κ2) is 9.43. The van der Waals surface area contributed by atoms with Gasteiger partial charge in [0, 0.05) is 20.1 Å². The van der Waals surface area contributed by atoms with E-state index in [1.807, 2.05) is 13.1 Å². The van der Waals surface area contributed by atoms with Gasteiger partial charge in [0.2, 0.25) is 11.9 Å². The molecule has 0 bridgehead atoms. The molecule has 1 aromatic carbocycles. The summed E-state index contributed by atoms with van der Waals surface area (Å²) in [6.07, 6.45) is 6.01. The Balaban J connectivity index is 1.34. The van der Waals surface area contributed by atoms with Crippen molar-refractivity contribution >= 4 is 11.9 Å². The average molecular weight is 358 g/mol. The Kier molecular flexibility index (Phi) is 6.71. The Bertz CT molecular complexity index is 680. The van der Waals surface area contributed by atoms with Crippen molar-refractivity contribution in [2.24, 2.45) is 7.05 Å². The number of likely N-dealkylation sites (tertiary alicyclic amines) is 1. The zero-order chi connectivity index (χ0) is 18.2. The number of ether oxygens (including phenoxy) is 1. The van der Waals surface area contributed by atoms with Gasteiger partial charge in [-0.2, -0.15) is 4.98 Å². The summed E-state index contributed by atoms with van der Waals surface area (Å²) >= 11 is 0. The molecule has 0 spiro atoms. The minimum absolute atomic E-state index is 0.294. The van der Waals surface area contributed by atoms with Crippen LogP contribution in [0.4, 0.5) is 11.9 Å². The highest BCUT2D eigenvalue weighted by Gasteiger charge is 2.10. The molecule has 7 heteroatoms. The summed E-state index contributed by atoms with van der Waals surface area (Å²) in [5.41, 5.74) is 6.90. The lowest BCUT2D eigenvalue weighted by molar-refractivity contribution is 0.220. The average Bonchev–Trinajstić information content (AvgIpc) is 2.96. The zero-order valence-electron chi connectivity index (χ0n) is 15.7. The van der Waals surface area contributed by atoms with Crippen molar-refractivity contribution in [3.05, 3.63) is 29.8 Å². The van der Waals surface area contributed by atoms with Crippen molar-refractivity contribution in [3.63, 3.8) is 0 Å². The predicted molar refractivity (Wildman–Crippen MR) is 104 cm³/mol. The largest absolute Gasteiger partial charge is 0.494 e. The summed E-state index contributed by atoms with van der Waals surface area (Å²) in [7, 11) is 1.83. The molecule has 2 heterocycles. The first kappa shape index (κ1) is 18.5. The summed E-state index contributed by atoms with van der Waals surface area (Å²) in [5.74, 6) is 1.96. The standard InChI is InChI=1S/C19H30N6O/c1-24-19(22-18(20)23-24)21-10-3-6-13-26-17-9-7-8-16(14-17)15-25-11-4-2-5-12-25/h7-9,14H,2-6,10-13,15H2,1H3,(H3,20,21,22,23). The van der Waals surface area contributed by atoms with Crippen molar-refractivity contribution in [3.8, 4) is 5.75 Å². The van der Waals surface area contributed by atoms with E-state index < -0.39 is 0 Å². The number of anilines is 2. The molecule has 0 atom stereocenters.